The van der Waals surface area contributed by atoms with Crippen molar-refractivity contribution in [1.29, 1.82) is 0 Å². The van der Waals surface area contributed by atoms with Crippen molar-refractivity contribution >= 4 is 72.2 Å². The van der Waals surface area contributed by atoms with Gasteiger partial charge in [-0.05, 0) is 24.3 Å². The van der Waals surface area contributed by atoms with E-state index in [1.165, 1.54) is 22.7 Å². The Labute approximate surface area is 154 Å². The molecule has 0 bridgehead atoms. The summed E-state index contributed by atoms with van der Waals surface area (Å²) < 4.78 is 3.55. The van der Waals surface area contributed by atoms with E-state index in [0.29, 0.717) is 19.9 Å². The lowest BCUT2D eigenvalue weighted by Gasteiger charge is -1.99. The highest BCUT2D eigenvalue weighted by atomic mass is 35.5. The Kier molecular flexibility index (Phi) is 3.92. The standard InChI is InChI=1S/C16H9Cl2N3OS2/c1-21-12-8(17)6-7-9(18)13(12)24-16(21)20-14(22)15-19-10-4-2-3-5-11(10)23-15/h2-7H,1H3. The summed E-state index contributed by atoms with van der Waals surface area (Å²) in [6.07, 6.45) is 0. The SMILES string of the molecule is Cn1c(=NC(=O)c2nc3ccccc3s2)sc2c(Cl)ccc(Cl)c21. The number of rotatable bonds is 1. The van der Waals surface area contributed by atoms with Crippen LogP contribution in [0.4, 0.5) is 0 Å². The summed E-state index contributed by atoms with van der Waals surface area (Å²) in [6, 6.07) is 11.1. The third-order valence-corrected chi connectivity index (χ3v) is 6.45. The van der Waals surface area contributed by atoms with Gasteiger partial charge >= 0.3 is 5.91 Å². The van der Waals surface area contributed by atoms with Gasteiger partial charge in [0.25, 0.3) is 0 Å². The van der Waals surface area contributed by atoms with Crippen LogP contribution in [0.1, 0.15) is 9.80 Å². The van der Waals surface area contributed by atoms with Crippen LogP contribution in [0.5, 0.6) is 0 Å². The molecule has 0 spiro atoms. The minimum Gasteiger partial charge on any atom is -0.318 e. The molecule has 0 saturated heterocycles. The average Bonchev–Trinajstić information content (AvgIpc) is 3.14. The molecule has 0 saturated carbocycles. The molecule has 8 heteroatoms. The molecular formula is C16H9Cl2N3OS2. The molecule has 4 rings (SSSR count). The fourth-order valence-corrected chi connectivity index (χ4v) is 4.89. The molecule has 4 nitrogen and oxygen atoms in total. The number of amides is 1. The summed E-state index contributed by atoms with van der Waals surface area (Å²) in [5.41, 5.74) is 1.57. The number of hydrogen-bond donors (Lipinski definition) is 0. The second kappa shape index (κ2) is 5.97. The van der Waals surface area contributed by atoms with E-state index in [1.54, 1.807) is 16.7 Å². The molecule has 120 valence electrons. The van der Waals surface area contributed by atoms with Gasteiger partial charge in [-0.15, -0.1) is 11.3 Å². The van der Waals surface area contributed by atoms with Gasteiger partial charge in [0.15, 0.2) is 9.81 Å². The Balaban J connectivity index is 1.87. The number of carbonyl (C=O) groups excluding carboxylic acids is 1. The number of hydrogen-bond acceptors (Lipinski definition) is 4. The fraction of sp³-hybridized carbons (Fsp3) is 0.0625. The van der Waals surface area contributed by atoms with Crippen molar-refractivity contribution in [3.05, 3.63) is 56.3 Å². The molecule has 0 aliphatic heterocycles. The summed E-state index contributed by atoms with van der Waals surface area (Å²) in [6.45, 7) is 0. The number of fused-ring (bicyclic) bond motifs is 2. The van der Waals surface area contributed by atoms with Gasteiger partial charge in [0.1, 0.15) is 0 Å². The number of nitrogens with zero attached hydrogens (tertiary/aromatic N) is 3. The van der Waals surface area contributed by atoms with Crippen LogP contribution < -0.4 is 4.80 Å². The van der Waals surface area contributed by atoms with Crippen LogP contribution in [-0.4, -0.2) is 15.5 Å². The van der Waals surface area contributed by atoms with Crippen molar-refractivity contribution in [2.45, 2.75) is 0 Å². The van der Waals surface area contributed by atoms with Gasteiger partial charge in [0, 0.05) is 7.05 Å². The average molecular weight is 394 g/mol. The number of para-hydroxylation sites is 1. The summed E-state index contributed by atoms with van der Waals surface area (Å²) >= 11 is 15.1. The van der Waals surface area contributed by atoms with Crippen molar-refractivity contribution in [3.63, 3.8) is 0 Å². The lowest BCUT2D eigenvalue weighted by Crippen LogP contribution is -2.13. The first-order valence-electron chi connectivity index (χ1n) is 6.93. The van der Waals surface area contributed by atoms with E-state index in [0.717, 1.165) is 20.4 Å². The molecule has 24 heavy (non-hydrogen) atoms. The summed E-state index contributed by atoms with van der Waals surface area (Å²) in [7, 11) is 1.81. The van der Waals surface area contributed by atoms with Gasteiger partial charge in [-0.1, -0.05) is 46.7 Å². The van der Waals surface area contributed by atoms with Gasteiger partial charge in [-0.3, -0.25) is 4.79 Å². The van der Waals surface area contributed by atoms with Gasteiger partial charge in [0.2, 0.25) is 0 Å². The van der Waals surface area contributed by atoms with Gasteiger partial charge in [-0.25, -0.2) is 4.98 Å². The van der Waals surface area contributed by atoms with E-state index in [4.69, 9.17) is 23.2 Å². The van der Waals surface area contributed by atoms with Gasteiger partial charge < -0.3 is 4.57 Å². The van der Waals surface area contributed by atoms with E-state index in [-0.39, 0.29) is 5.91 Å². The number of benzene rings is 2. The summed E-state index contributed by atoms with van der Waals surface area (Å²) in [5, 5.41) is 1.52. The Bertz CT molecular complexity index is 1140. The second-order valence-corrected chi connectivity index (χ2v) is 7.88. The van der Waals surface area contributed by atoms with Crippen LogP contribution in [0.2, 0.25) is 10.0 Å². The predicted molar refractivity (Wildman–Crippen MR) is 100 cm³/mol. The highest BCUT2D eigenvalue weighted by Crippen LogP contribution is 2.31. The zero-order valence-electron chi connectivity index (χ0n) is 12.3. The third kappa shape index (κ3) is 2.56. The van der Waals surface area contributed by atoms with Crippen LogP contribution >= 0.6 is 45.9 Å². The third-order valence-electron chi connectivity index (χ3n) is 3.52. The van der Waals surface area contributed by atoms with Crippen molar-refractivity contribution in [3.8, 4) is 0 Å². The molecule has 4 aromatic rings. The quantitative estimate of drug-likeness (QED) is 0.461. The molecule has 1 amide bonds. The topological polar surface area (TPSA) is 47.2 Å². The number of thiazole rings is 2. The zero-order valence-corrected chi connectivity index (χ0v) is 15.4. The first kappa shape index (κ1) is 15.8. The minimum atomic E-state index is -0.370. The lowest BCUT2D eigenvalue weighted by atomic mass is 10.3. The van der Waals surface area contributed by atoms with Crippen molar-refractivity contribution in [1.82, 2.24) is 9.55 Å². The van der Waals surface area contributed by atoms with Gasteiger partial charge in [-0.2, -0.15) is 4.99 Å². The maximum atomic E-state index is 12.5. The molecular weight excluding hydrogens is 385 g/mol. The normalized spacial score (nSPS) is 12.4. The number of halogens is 2. The lowest BCUT2D eigenvalue weighted by molar-refractivity contribution is 0.0998. The smallest absolute Gasteiger partial charge is 0.308 e. The van der Waals surface area contributed by atoms with E-state index >= 15 is 0 Å². The van der Waals surface area contributed by atoms with Crippen molar-refractivity contribution in [2.75, 3.05) is 0 Å². The maximum Gasteiger partial charge on any atom is 0.308 e. The molecule has 0 aliphatic rings. The highest BCUT2D eigenvalue weighted by Gasteiger charge is 2.14. The first-order valence-corrected chi connectivity index (χ1v) is 9.31. The van der Waals surface area contributed by atoms with Crippen molar-refractivity contribution < 1.29 is 4.79 Å². The van der Waals surface area contributed by atoms with Gasteiger partial charge in [0.05, 0.1) is 30.5 Å². The van der Waals surface area contributed by atoms with Crippen LogP contribution in [0.25, 0.3) is 20.4 Å². The largest absolute Gasteiger partial charge is 0.318 e. The Morgan fingerprint density at radius 3 is 2.62 bits per heavy atom. The van der Waals surface area contributed by atoms with E-state index in [2.05, 4.69) is 9.98 Å². The molecule has 2 heterocycles. The first-order chi connectivity index (χ1) is 11.5. The summed E-state index contributed by atoms with van der Waals surface area (Å²) in [4.78, 5) is 21.6. The van der Waals surface area contributed by atoms with Crippen LogP contribution in [-0.2, 0) is 7.05 Å². The second-order valence-electron chi connectivity index (χ2n) is 5.05. The number of aryl methyl sites for hydroxylation is 1. The van der Waals surface area contributed by atoms with Crippen LogP contribution in [0.15, 0.2) is 41.4 Å². The summed E-state index contributed by atoms with van der Waals surface area (Å²) in [5.74, 6) is -0.370. The number of carbonyl (C=O) groups is 1. The van der Waals surface area contributed by atoms with E-state index < -0.39 is 0 Å². The highest BCUT2D eigenvalue weighted by molar-refractivity contribution is 7.20. The molecule has 0 aliphatic carbocycles. The molecule has 0 N–H and O–H groups in total. The predicted octanol–water partition coefficient (Wildman–Crippen LogP) is 4.90. The molecule has 2 aromatic heterocycles. The zero-order chi connectivity index (χ0) is 16.8. The van der Waals surface area contributed by atoms with Crippen LogP contribution in [0.3, 0.4) is 0 Å². The number of aromatic nitrogens is 2. The molecule has 2 aromatic carbocycles. The van der Waals surface area contributed by atoms with Crippen molar-refractivity contribution in [2.24, 2.45) is 12.0 Å². The van der Waals surface area contributed by atoms with E-state index in [1.807, 2.05) is 31.3 Å². The molecule has 0 atom stereocenters. The molecule has 0 radical (unpaired) electrons. The van der Waals surface area contributed by atoms with Crippen LogP contribution in [0, 0.1) is 0 Å². The monoisotopic (exact) mass is 393 g/mol. The molecule has 0 fully saturated rings. The Hall–Kier alpha value is -1.73. The Morgan fingerprint density at radius 2 is 1.88 bits per heavy atom. The fourth-order valence-electron chi connectivity index (χ4n) is 2.38. The molecule has 0 unspecified atom stereocenters. The Morgan fingerprint density at radius 1 is 1.12 bits per heavy atom. The van der Waals surface area contributed by atoms with E-state index in [9.17, 15) is 4.79 Å². The minimum absolute atomic E-state index is 0.367. The maximum absolute atomic E-state index is 12.5.